The van der Waals surface area contributed by atoms with Gasteiger partial charge in [-0.05, 0) is 6.07 Å². The highest BCUT2D eigenvalue weighted by atomic mass is 19.3. The lowest BCUT2D eigenvalue weighted by atomic mass is 10.2. The van der Waals surface area contributed by atoms with Gasteiger partial charge < -0.3 is 4.74 Å². The van der Waals surface area contributed by atoms with Crippen molar-refractivity contribution in [2.45, 2.75) is 6.61 Å². The number of nitrogens with zero attached hydrogens (tertiary/aromatic N) is 3. The Labute approximate surface area is 93.5 Å². The van der Waals surface area contributed by atoms with Crippen LogP contribution in [-0.2, 0) is 7.05 Å². The Hall–Kier alpha value is -2.25. The van der Waals surface area contributed by atoms with Crippen LogP contribution in [0, 0.1) is 10.1 Å². The van der Waals surface area contributed by atoms with Crippen LogP contribution in [0.4, 0.5) is 14.5 Å². The van der Waals surface area contributed by atoms with Crippen molar-refractivity contribution in [3.05, 3.63) is 28.3 Å². The van der Waals surface area contributed by atoms with E-state index in [9.17, 15) is 18.9 Å². The van der Waals surface area contributed by atoms with E-state index in [0.717, 1.165) is 6.07 Å². The first-order valence-electron chi connectivity index (χ1n) is 4.55. The van der Waals surface area contributed by atoms with Gasteiger partial charge in [-0.1, -0.05) is 0 Å². The van der Waals surface area contributed by atoms with Crippen molar-refractivity contribution >= 4 is 16.6 Å². The maximum atomic E-state index is 12.1. The highest BCUT2D eigenvalue weighted by Gasteiger charge is 2.17. The van der Waals surface area contributed by atoms with E-state index >= 15 is 0 Å². The molecule has 0 aliphatic rings. The normalized spacial score (nSPS) is 11.1. The maximum absolute atomic E-state index is 12.1. The van der Waals surface area contributed by atoms with Crippen molar-refractivity contribution in [2.24, 2.45) is 7.05 Å². The molecule has 2 rings (SSSR count). The summed E-state index contributed by atoms with van der Waals surface area (Å²) in [6.45, 7) is -3.02. The summed E-state index contributed by atoms with van der Waals surface area (Å²) in [5.41, 5.74) is 0.274. The van der Waals surface area contributed by atoms with Crippen LogP contribution in [0.15, 0.2) is 18.2 Å². The van der Waals surface area contributed by atoms with E-state index in [0.29, 0.717) is 5.52 Å². The van der Waals surface area contributed by atoms with E-state index in [1.165, 1.54) is 23.9 Å². The molecule has 90 valence electrons. The molecule has 0 saturated heterocycles. The summed E-state index contributed by atoms with van der Waals surface area (Å²) in [6, 6.07) is 3.86. The monoisotopic (exact) mass is 243 g/mol. The highest BCUT2D eigenvalue weighted by molar-refractivity contribution is 5.86. The smallest absolute Gasteiger partial charge is 0.388 e. The summed E-state index contributed by atoms with van der Waals surface area (Å²) in [5, 5.41) is 14.5. The second-order valence-corrected chi connectivity index (χ2v) is 3.27. The average molecular weight is 243 g/mol. The molecule has 0 bridgehead atoms. The maximum Gasteiger partial charge on any atom is 0.388 e. The second kappa shape index (κ2) is 3.96. The van der Waals surface area contributed by atoms with Crippen LogP contribution < -0.4 is 4.74 Å². The van der Waals surface area contributed by atoms with E-state index in [1.54, 1.807) is 0 Å². The lowest BCUT2D eigenvalue weighted by Gasteiger charge is -1.99. The quantitative estimate of drug-likeness (QED) is 0.611. The van der Waals surface area contributed by atoms with Crippen molar-refractivity contribution in [3.63, 3.8) is 0 Å². The number of aromatic nitrogens is 2. The Morgan fingerprint density at radius 2 is 2.24 bits per heavy atom. The zero-order valence-corrected chi connectivity index (χ0v) is 8.63. The number of benzene rings is 1. The zero-order chi connectivity index (χ0) is 12.6. The fourth-order valence-corrected chi connectivity index (χ4v) is 1.51. The molecule has 17 heavy (non-hydrogen) atoms. The molecule has 0 saturated carbocycles. The molecule has 0 radical (unpaired) electrons. The summed E-state index contributed by atoms with van der Waals surface area (Å²) >= 11 is 0. The number of nitro benzene ring substituents is 1. The molecule has 0 atom stereocenters. The number of aryl methyl sites for hydroxylation is 1. The van der Waals surface area contributed by atoms with Crippen LogP contribution >= 0.6 is 0 Å². The summed E-state index contributed by atoms with van der Waals surface area (Å²) in [6.07, 6.45) is 0. The predicted molar refractivity (Wildman–Crippen MR) is 54.0 cm³/mol. The van der Waals surface area contributed by atoms with Gasteiger partial charge in [-0.3, -0.25) is 14.8 Å². The molecule has 1 aromatic carbocycles. The van der Waals surface area contributed by atoms with E-state index < -0.39 is 11.5 Å². The topological polar surface area (TPSA) is 70.2 Å². The summed E-state index contributed by atoms with van der Waals surface area (Å²) in [4.78, 5) is 9.96. The third kappa shape index (κ3) is 2.01. The largest absolute Gasteiger partial charge is 0.415 e. The molecule has 0 amide bonds. The van der Waals surface area contributed by atoms with Crippen LogP contribution in [0.3, 0.4) is 0 Å². The van der Waals surface area contributed by atoms with Gasteiger partial charge in [0.25, 0.3) is 5.69 Å². The lowest BCUT2D eigenvalue weighted by molar-refractivity contribution is -0.384. The first kappa shape index (κ1) is 11.2. The van der Waals surface area contributed by atoms with E-state index in [1.807, 2.05) is 0 Å². The summed E-state index contributed by atoms with van der Waals surface area (Å²) in [7, 11) is 1.53. The fourth-order valence-electron chi connectivity index (χ4n) is 1.51. The van der Waals surface area contributed by atoms with Crippen LogP contribution in [0.5, 0.6) is 5.88 Å². The van der Waals surface area contributed by atoms with E-state index in [4.69, 9.17) is 0 Å². The van der Waals surface area contributed by atoms with Crippen molar-refractivity contribution < 1.29 is 18.4 Å². The number of ether oxygens (including phenoxy) is 1. The minimum Gasteiger partial charge on any atom is -0.415 e. The first-order chi connectivity index (χ1) is 7.99. The number of hydrogen-bond donors (Lipinski definition) is 0. The third-order valence-corrected chi connectivity index (χ3v) is 2.21. The van der Waals surface area contributed by atoms with Crippen LogP contribution in [0.25, 0.3) is 10.9 Å². The Bertz CT molecular complexity index is 582. The minimum absolute atomic E-state index is 0.182. The van der Waals surface area contributed by atoms with E-state index in [2.05, 4.69) is 9.84 Å². The van der Waals surface area contributed by atoms with Gasteiger partial charge in [-0.15, -0.1) is 5.10 Å². The number of rotatable bonds is 3. The van der Waals surface area contributed by atoms with Gasteiger partial charge in [0, 0.05) is 19.2 Å². The van der Waals surface area contributed by atoms with Gasteiger partial charge in [0.05, 0.1) is 15.8 Å². The van der Waals surface area contributed by atoms with Crippen LogP contribution in [-0.4, -0.2) is 21.3 Å². The minimum atomic E-state index is -3.02. The molecule has 2 aromatic rings. The van der Waals surface area contributed by atoms with Crippen molar-refractivity contribution in [1.29, 1.82) is 0 Å². The van der Waals surface area contributed by atoms with Crippen molar-refractivity contribution in [1.82, 2.24) is 9.78 Å². The Morgan fingerprint density at radius 3 is 2.82 bits per heavy atom. The molecule has 1 heterocycles. The van der Waals surface area contributed by atoms with Gasteiger partial charge in [0.1, 0.15) is 0 Å². The molecule has 8 heteroatoms. The van der Waals surface area contributed by atoms with Gasteiger partial charge in [-0.2, -0.15) is 8.78 Å². The molecule has 6 nitrogen and oxygen atoms in total. The molecule has 0 N–H and O–H groups in total. The van der Waals surface area contributed by atoms with Crippen molar-refractivity contribution in [3.8, 4) is 5.88 Å². The van der Waals surface area contributed by atoms with Gasteiger partial charge in [-0.25, -0.2) is 0 Å². The van der Waals surface area contributed by atoms with Crippen LogP contribution in [0.2, 0.25) is 0 Å². The molecular weight excluding hydrogens is 236 g/mol. The summed E-state index contributed by atoms with van der Waals surface area (Å²) in [5.74, 6) is -0.318. The molecule has 0 aliphatic carbocycles. The molecule has 0 spiro atoms. The van der Waals surface area contributed by atoms with Gasteiger partial charge in [0.15, 0.2) is 0 Å². The number of halogens is 2. The van der Waals surface area contributed by atoms with E-state index in [-0.39, 0.29) is 17.0 Å². The Balaban J connectivity index is 2.60. The second-order valence-electron chi connectivity index (χ2n) is 3.27. The van der Waals surface area contributed by atoms with Crippen LogP contribution in [0.1, 0.15) is 0 Å². The molecule has 0 fully saturated rings. The Morgan fingerprint density at radius 1 is 1.53 bits per heavy atom. The molecular formula is C9H7F2N3O3. The predicted octanol–water partition coefficient (Wildman–Crippen LogP) is 2.08. The lowest BCUT2D eigenvalue weighted by Crippen LogP contribution is -2.03. The highest BCUT2D eigenvalue weighted by Crippen LogP contribution is 2.29. The number of hydrogen-bond acceptors (Lipinski definition) is 4. The average Bonchev–Trinajstić information content (AvgIpc) is 2.54. The third-order valence-electron chi connectivity index (χ3n) is 2.21. The molecule has 1 aromatic heterocycles. The SMILES string of the molecule is Cn1nc(OC(F)F)c2cc([N+](=O)[O-])ccc21. The number of non-ortho nitro benzene ring substituents is 1. The Kier molecular flexibility index (Phi) is 2.62. The fraction of sp³-hybridized carbons (Fsp3) is 0.222. The number of alkyl halides is 2. The van der Waals surface area contributed by atoms with Gasteiger partial charge in [0.2, 0.25) is 5.88 Å². The zero-order valence-electron chi connectivity index (χ0n) is 8.63. The number of nitro groups is 1. The standard InChI is InChI=1S/C9H7F2N3O3/c1-13-7-3-2-5(14(15)16)4-6(7)8(12-13)17-9(10)11/h2-4,9H,1H3. The van der Waals surface area contributed by atoms with Gasteiger partial charge >= 0.3 is 6.61 Å². The first-order valence-corrected chi connectivity index (χ1v) is 4.55. The summed E-state index contributed by atoms with van der Waals surface area (Å²) < 4.78 is 29.7. The number of fused-ring (bicyclic) bond motifs is 1. The molecule has 0 aliphatic heterocycles. The van der Waals surface area contributed by atoms with Crippen molar-refractivity contribution in [2.75, 3.05) is 0 Å². The molecule has 0 unspecified atom stereocenters.